The van der Waals surface area contributed by atoms with E-state index in [2.05, 4.69) is 36.2 Å². The van der Waals surface area contributed by atoms with E-state index >= 15 is 0 Å². The molecule has 3 rings (SSSR count). The van der Waals surface area contributed by atoms with Crippen LogP contribution in [0.3, 0.4) is 0 Å². The minimum Gasteiger partial charge on any atom is -0.434 e. The number of rotatable bonds is 25. The van der Waals surface area contributed by atoms with Gasteiger partial charge in [-0.25, -0.2) is 4.98 Å². The van der Waals surface area contributed by atoms with E-state index in [1.165, 1.54) is 0 Å². The average Bonchev–Trinajstić information content (AvgIpc) is 3.62. The van der Waals surface area contributed by atoms with Crippen molar-refractivity contribution >= 4 is 52.4 Å². The average molecular weight is 777 g/mol. The predicted molar refractivity (Wildman–Crippen MR) is 214 cm³/mol. The van der Waals surface area contributed by atoms with Crippen LogP contribution in [0.4, 0.5) is 0 Å². The maximum Gasteiger partial charge on any atom is 0.266 e. The first kappa shape index (κ1) is 44.4. The molecule has 0 spiro atoms. The number of para-hydroxylation sites is 2. The number of nitrogens with one attached hydrogen (secondary N) is 4. The normalized spacial score (nSPS) is 13.0. The summed E-state index contributed by atoms with van der Waals surface area (Å²) in [7, 11) is 0. The molecule has 0 unspecified atom stereocenters. The molecule has 0 fully saturated rings. The molecule has 0 saturated heterocycles. The van der Waals surface area contributed by atoms with E-state index in [1.54, 1.807) is 54.6 Å². The molecule has 4 atom stereocenters. The number of aromatic nitrogens is 1. The topological polar surface area (TPSA) is 314 Å². The second-order valence-electron chi connectivity index (χ2n) is 13.3. The van der Waals surface area contributed by atoms with Gasteiger partial charge >= 0.3 is 0 Å². The van der Waals surface area contributed by atoms with Gasteiger partial charge in [-0.2, -0.15) is 0 Å². The van der Waals surface area contributed by atoms with Crippen LogP contribution in [0.15, 0.2) is 69.0 Å². The summed E-state index contributed by atoms with van der Waals surface area (Å²) in [5.74, 6) is -3.35. The van der Waals surface area contributed by atoms with E-state index in [9.17, 15) is 24.0 Å². The number of ketones is 1. The number of fused-ring (bicyclic) bond motifs is 1. The molecule has 4 amide bonds. The predicted octanol–water partition coefficient (Wildman–Crippen LogP) is 0.690. The zero-order valence-electron chi connectivity index (χ0n) is 31.9. The van der Waals surface area contributed by atoms with Crippen LogP contribution in [0.25, 0.3) is 11.1 Å². The van der Waals surface area contributed by atoms with E-state index in [0.29, 0.717) is 55.3 Å². The molecule has 18 nitrogen and oxygen atoms in total. The fourth-order valence-corrected chi connectivity index (χ4v) is 5.76. The zero-order valence-corrected chi connectivity index (χ0v) is 31.9. The first-order chi connectivity index (χ1) is 26.9. The van der Waals surface area contributed by atoms with Crippen LogP contribution in [-0.4, -0.2) is 90.1 Å². The molecule has 0 aliphatic rings. The number of nitrogens with zero attached hydrogens (tertiary/aromatic N) is 3. The Morgan fingerprint density at radius 3 is 1.70 bits per heavy atom. The molecule has 304 valence electrons. The van der Waals surface area contributed by atoms with Crippen LogP contribution in [0.5, 0.6) is 0 Å². The van der Waals surface area contributed by atoms with Crippen LogP contribution in [0.1, 0.15) is 92.2 Å². The number of oxazole rings is 1. The van der Waals surface area contributed by atoms with Gasteiger partial charge in [-0.15, -0.1) is 0 Å². The van der Waals surface area contributed by atoms with Crippen molar-refractivity contribution in [2.24, 2.45) is 38.7 Å². The van der Waals surface area contributed by atoms with E-state index in [1.807, 2.05) is 6.92 Å². The molecule has 1 aromatic heterocycles. The largest absolute Gasteiger partial charge is 0.434 e. The third-order valence-corrected chi connectivity index (χ3v) is 8.75. The number of benzene rings is 2. The Hall–Kier alpha value is -6.04. The van der Waals surface area contributed by atoms with Crippen LogP contribution in [-0.2, 0) is 14.4 Å². The van der Waals surface area contributed by atoms with Crippen molar-refractivity contribution in [3.8, 4) is 0 Å². The summed E-state index contributed by atoms with van der Waals surface area (Å²) in [5.41, 5.74) is 28.9. The van der Waals surface area contributed by atoms with E-state index in [4.69, 9.17) is 33.1 Å². The number of unbranched alkanes of at least 4 members (excludes halogenated alkanes) is 2. The SMILES string of the molecule is CCCC[C@H](NC(=O)c1ccccc1)C(=O)N[C@@H](CCCCN)C(=O)N[C@@H](CCCN=C(N)N)C(=O)N[C@@H](CCCN=C(N)N)C(=O)c1nc2ccccc2o1. The molecular formula is C38H56N12O6. The summed E-state index contributed by atoms with van der Waals surface area (Å²) in [6.07, 6.45) is 3.79. The molecule has 0 aliphatic heterocycles. The van der Waals surface area contributed by atoms with Crippen molar-refractivity contribution in [1.82, 2.24) is 26.3 Å². The third kappa shape index (κ3) is 15.0. The summed E-state index contributed by atoms with van der Waals surface area (Å²) < 4.78 is 5.71. The lowest BCUT2D eigenvalue weighted by Crippen LogP contribution is -2.57. The quantitative estimate of drug-likeness (QED) is 0.0248. The van der Waals surface area contributed by atoms with Crippen molar-refractivity contribution in [2.75, 3.05) is 19.6 Å². The van der Waals surface area contributed by atoms with Crippen LogP contribution >= 0.6 is 0 Å². The Morgan fingerprint density at radius 1 is 0.643 bits per heavy atom. The van der Waals surface area contributed by atoms with Gasteiger partial charge in [0, 0.05) is 18.7 Å². The maximum atomic E-state index is 14.0. The number of aliphatic imine (C=N–C) groups is 2. The Bertz CT molecular complexity index is 1760. The Labute approximate surface area is 326 Å². The molecule has 3 aromatic rings. The third-order valence-electron chi connectivity index (χ3n) is 8.75. The lowest BCUT2D eigenvalue weighted by Gasteiger charge is -2.26. The fraction of sp³-hybridized carbons (Fsp3) is 0.474. The van der Waals surface area contributed by atoms with Crippen molar-refractivity contribution in [3.05, 3.63) is 66.1 Å². The molecule has 2 aromatic carbocycles. The van der Waals surface area contributed by atoms with Gasteiger partial charge in [0.1, 0.15) is 23.6 Å². The lowest BCUT2D eigenvalue weighted by atomic mass is 10.0. The van der Waals surface area contributed by atoms with Gasteiger partial charge < -0.3 is 54.4 Å². The Kier molecular flexibility index (Phi) is 18.8. The molecule has 0 saturated carbocycles. The van der Waals surface area contributed by atoms with Crippen molar-refractivity contribution in [2.45, 2.75) is 95.3 Å². The maximum absolute atomic E-state index is 14.0. The second-order valence-corrected chi connectivity index (χ2v) is 13.3. The minimum absolute atomic E-state index is 0.0713. The smallest absolute Gasteiger partial charge is 0.266 e. The number of Topliss-reactive ketones (excluding diaryl/α,β-unsaturated/α-hetero) is 1. The first-order valence-electron chi connectivity index (χ1n) is 18.9. The van der Waals surface area contributed by atoms with Crippen molar-refractivity contribution < 1.29 is 28.4 Å². The summed E-state index contributed by atoms with van der Waals surface area (Å²) in [6, 6.07) is 11.0. The molecule has 1 heterocycles. The van der Waals surface area contributed by atoms with E-state index in [0.717, 1.165) is 6.42 Å². The summed E-state index contributed by atoms with van der Waals surface area (Å²) >= 11 is 0. The number of hydrogen-bond donors (Lipinski definition) is 9. The number of nitrogens with two attached hydrogens (primary N) is 5. The molecule has 14 N–H and O–H groups in total. The van der Waals surface area contributed by atoms with Gasteiger partial charge in [0.05, 0.1) is 6.04 Å². The molecular weight excluding hydrogens is 720 g/mol. The standard InChI is InChI=1S/C38H56N12O6/c1-2-3-15-27(47-32(52)24-13-5-4-6-14-24)34(54)48-28(17-9-10-21-39)35(55)49-29(19-12-23-45-38(42)43)33(53)46-26(18-11-22-44-37(40)41)31(51)36-50-25-16-7-8-20-30(25)56-36/h4-8,13-14,16,20,26-29H,2-3,9-12,15,17-19,21-23,39H2,1H3,(H,46,53)(H,47,52)(H,48,54)(H,49,55)(H4,40,41,44)(H4,42,43,45)/t26-,27-,28-,29-/m0/s1. The van der Waals surface area contributed by atoms with Gasteiger partial charge in [-0.05, 0) is 82.2 Å². The highest BCUT2D eigenvalue weighted by Crippen LogP contribution is 2.18. The van der Waals surface area contributed by atoms with Crippen LogP contribution in [0.2, 0.25) is 0 Å². The molecule has 56 heavy (non-hydrogen) atoms. The summed E-state index contributed by atoms with van der Waals surface area (Å²) in [6.45, 7) is 2.67. The van der Waals surface area contributed by atoms with Crippen LogP contribution < -0.4 is 49.9 Å². The summed E-state index contributed by atoms with van der Waals surface area (Å²) in [4.78, 5) is 80.8. The zero-order chi connectivity index (χ0) is 40.9. The molecule has 0 radical (unpaired) electrons. The van der Waals surface area contributed by atoms with Gasteiger partial charge in [0.15, 0.2) is 17.5 Å². The Morgan fingerprint density at radius 2 is 1.14 bits per heavy atom. The Balaban J connectivity index is 1.86. The number of carbonyl (C=O) groups is 5. The lowest BCUT2D eigenvalue weighted by molar-refractivity contribution is -0.133. The van der Waals surface area contributed by atoms with Crippen molar-refractivity contribution in [3.63, 3.8) is 0 Å². The van der Waals surface area contributed by atoms with Gasteiger partial charge in [-0.1, -0.05) is 50.1 Å². The number of guanidine groups is 2. The second kappa shape index (κ2) is 23.7. The van der Waals surface area contributed by atoms with Crippen molar-refractivity contribution in [1.29, 1.82) is 0 Å². The monoisotopic (exact) mass is 776 g/mol. The number of amides is 4. The highest BCUT2D eigenvalue weighted by molar-refractivity contribution is 6.01. The van der Waals surface area contributed by atoms with Gasteiger partial charge in [0.2, 0.25) is 23.5 Å². The first-order valence-corrected chi connectivity index (χ1v) is 18.9. The van der Waals surface area contributed by atoms with Gasteiger partial charge in [0.25, 0.3) is 11.8 Å². The highest BCUT2D eigenvalue weighted by atomic mass is 16.4. The molecule has 0 bridgehead atoms. The summed E-state index contributed by atoms with van der Waals surface area (Å²) in [5, 5.41) is 11.1. The molecule has 18 heteroatoms. The van der Waals surface area contributed by atoms with Crippen LogP contribution in [0, 0.1) is 0 Å². The minimum atomic E-state index is -1.18. The van der Waals surface area contributed by atoms with E-state index < -0.39 is 53.6 Å². The highest BCUT2D eigenvalue weighted by Gasteiger charge is 2.32. The number of hydrogen-bond acceptors (Lipinski definition) is 10. The number of carbonyl (C=O) groups excluding carboxylic acids is 5. The van der Waals surface area contributed by atoms with Gasteiger partial charge in [-0.3, -0.25) is 34.0 Å². The molecule has 0 aliphatic carbocycles. The van der Waals surface area contributed by atoms with E-state index in [-0.39, 0.29) is 56.6 Å². The fourth-order valence-electron chi connectivity index (χ4n) is 5.76.